The fraction of sp³-hybridized carbons (Fsp3) is 0.500. The minimum absolute atomic E-state index is 0.192. The number of aromatic nitrogens is 2. The average molecular weight is 348 g/mol. The molecular weight excluding hydrogens is 326 g/mol. The number of nitrogens with zero attached hydrogens (tertiary/aromatic N) is 3. The molecule has 1 aromatic heterocycles. The number of carbonyl (C=O) groups excluding carboxylic acids is 1. The number of hydroxylamine groups is 2. The van der Waals surface area contributed by atoms with Crippen molar-refractivity contribution in [3.05, 3.63) is 35.2 Å². The summed E-state index contributed by atoms with van der Waals surface area (Å²) in [4.78, 5) is 26.3. The van der Waals surface area contributed by atoms with Crippen molar-refractivity contribution in [2.24, 2.45) is 5.41 Å². The second kappa shape index (κ2) is 6.65. The predicted molar refractivity (Wildman–Crippen MR) is 93.6 cm³/mol. The zero-order valence-corrected chi connectivity index (χ0v) is 15.0. The molecule has 6 heteroatoms. The van der Waals surface area contributed by atoms with Crippen molar-refractivity contribution in [1.82, 2.24) is 15.0 Å². The van der Waals surface area contributed by atoms with Gasteiger partial charge >= 0.3 is 5.97 Å². The zero-order valence-electron chi connectivity index (χ0n) is 14.3. The minimum atomic E-state index is -0.487. The highest BCUT2D eigenvalue weighted by molar-refractivity contribution is 6.31. The summed E-state index contributed by atoms with van der Waals surface area (Å²) in [7, 11) is 0. The summed E-state index contributed by atoms with van der Waals surface area (Å²) in [6.07, 6.45) is 3.39. The molecule has 0 aliphatic carbocycles. The Morgan fingerprint density at radius 2 is 1.96 bits per heavy atom. The Hall–Kier alpha value is -1.72. The molecule has 0 amide bonds. The van der Waals surface area contributed by atoms with E-state index >= 15 is 0 Å². The van der Waals surface area contributed by atoms with Gasteiger partial charge in [-0.25, -0.2) is 14.8 Å². The van der Waals surface area contributed by atoms with E-state index in [4.69, 9.17) is 16.4 Å². The molecule has 3 rings (SSSR count). The van der Waals surface area contributed by atoms with Crippen LogP contribution in [0, 0.1) is 5.41 Å². The van der Waals surface area contributed by atoms with Gasteiger partial charge in [0.25, 0.3) is 0 Å². The van der Waals surface area contributed by atoms with Crippen LogP contribution in [0.2, 0.25) is 5.02 Å². The van der Waals surface area contributed by atoms with E-state index in [0.717, 1.165) is 29.4 Å². The van der Waals surface area contributed by atoms with Crippen molar-refractivity contribution in [2.75, 3.05) is 13.1 Å². The summed E-state index contributed by atoms with van der Waals surface area (Å²) in [5.74, 6) is 0.143. The van der Waals surface area contributed by atoms with Gasteiger partial charge in [0, 0.05) is 29.4 Å². The van der Waals surface area contributed by atoms with Crippen molar-refractivity contribution in [3.63, 3.8) is 0 Å². The van der Waals surface area contributed by atoms with Gasteiger partial charge in [-0.2, -0.15) is 0 Å². The third kappa shape index (κ3) is 3.68. The van der Waals surface area contributed by atoms with Crippen LogP contribution < -0.4 is 0 Å². The normalized spacial score (nSPS) is 17.2. The highest BCUT2D eigenvalue weighted by Crippen LogP contribution is 2.32. The van der Waals surface area contributed by atoms with Crippen LogP contribution in [0.15, 0.2) is 24.5 Å². The Labute approximate surface area is 146 Å². The standard InChI is InChI=1S/C18H22ClN3O2/c1-18(2,3)17(23)24-22-8-6-12(7-9-22)16-14-5-4-13(19)10-15(14)20-11-21-16/h4-5,10-12H,6-9H2,1-3H3. The summed E-state index contributed by atoms with van der Waals surface area (Å²) in [5, 5.41) is 3.49. The average Bonchev–Trinajstić information content (AvgIpc) is 2.54. The fourth-order valence-corrected chi connectivity index (χ4v) is 3.02. The van der Waals surface area contributed by atoms with Gasteiger partial charge in [-0.3, -0.25) is 0 Å². The Kier molecular flexibility index (Phi) is 4.74. The van der Waals surface area contributed by atoms with E-state index in [9.17, 15) is 4.79 Å². The van der Waals surface area contributed by atoms with Crippen molar-refractivity contribution in [3.8, 4) is 0 Å². The lowest BCUT2D eigenvalue weighted by Crippen LogP contribution is -2.38. The molecule has 0 atom stereocenters. The van der Waals surface area contributed by atoms with E-state index in [1.54, 1.807) is 11.4 Å². The number of rotatable bonds is 2. The molecule has 24 heavy (non-hydrogen) atoms. The summed E-state index contributed by atoms with van der Waals surface area (Å²) in [6, 6.07) is 5.72. The Bertz CT molecular complexity index is 750. The quantitative estimate of drug-likeness (QED) is 0.822. The Balaban J connectivity index is 1.70. The van der Waals surface area contributed by atoms with Gasteiger partial charge in [-0.15, -0.1) is 5.06 Å². The van der Waals surface area contributed by atoms with Gasteiger partial charge in [-0.05, 0) is 51.8 Å². The van der Waals surface area contributed by atoms with Crippen molar-refractivity contribution in [1.29, 1.82) is 0 Å². The number of benzene rings is 1. The van der Waals surface area contributed by atoms with E-state index in [1.807, 2.05) is 39.0 Å². The van der Waals surface area contributed by atoms with Crippen LogP contribution in [0.1, 0.15) is 45.2 Å². The van der Waals surface area contributed by atoms with Gasteiger partial charge in [0.1, 0.15) is 6.33 Å². The lowest BCUT2D eigenvalue weighted by molar-refractivity contribution is -0.204. The number of hydrogen-bond acceptors (Lipinski definition) is 5. The minimum Gasteiger partial charge on any atom is -0.367 e. The molecule has 0 radical (unpaired) electrons. The summed E-state index contributed by atoms with van der Waals surface area (Å²) in [5.41, 5.74) is 1.44. The first-order valence-electron chi connectivity index (χ1n) is 8.22. The molecule has 1 saturated heterocycles. The second-order valence-electron chi connectivity index (χ2n) is 7.25. The van der Waals surface area contributed by atoms with Crippen LogP contribution in [0.5, 0.6) is 0 Å². The first-order chi connectivity index (χ1) is 11.3. The van der Waals surface area contributed by atoms with Crippen LogP contribution in [-0.4, -0.2) is 34.1 Å². The topological polar surface area (TPSA) is 55.3 Å². The Morgan fingerprint density at radius 1 is 1.25 bits per heavy atom. The van der Waals surface area contributed by atoms with E-state index < -0.39 is 5.41 Å². The van der Waals surface area contributed by atoms with Gasteiger partial charge < -0.3 is 4.84 Å². The molecule has 1 aliphatic rings. The van der Waals surface area contributed by atoms with E-state index in [1.165, 1.54) is 0 Å². The molecule has 0 bridgehead atoms. The van der Waals surface area contributed by atoms with Crippen LogP contribution in [-0.2, 0) is 9.63 Å². The van der Waals surface area contributed by atoms with Crippen LogP contribution in [0.25, 0.3) is 10.9 Å². The predicted octanol–water partition coefficient (Wildman–Crippen LogP) is 3.97. The van der Waals surface area contributed by atoms with Gasteiger partial charge in [0.15, 0.2) is 0 Å². The van der Waals surface area contributed by atoms with Crippen molar-refractivity contribution >= 4 is 28.5 Å². The van der Waals surface area contributed by atoms with E-state index in [0.29, 0.717) is 24.0 Å². The molecule has 1 aromatic carbocycles. The Morgan fingerprint density at radius 3 is 2.62 bits per heavy atom. The third-order valence-corrected chi connectivity index (χ3v) is 4.53. The molecule has 2 aromatic rings. The largest absolute Gasteiger partial charge is 0.367 e. The maximum atomic E-state index is 12.0. The molecule has 0 spiro atoms. The molecule has 0 N–H and O–H groups in total. The third-order valence-electron chi connectivity index (χ3n) is 4.29. The van der Waals surface area contributed by atoms with Gasteiger partial charge in [-0.1, -0.05) is 11.6 Å². The number of piperidine rings is 1. The van der Waals surface area contributed by atoms with Gasteiger partial charge in [0.05, 0.1) is 16.6 Å². The summed E-state index contributed by atoms with van der Waals surface area (Å²) < 4.78 is 0. The molecule has 1 aliphatic heterocycles. The highest BCUT2D eigenvalue weighted by atomic mass is 35.5. The van der Waals surface area contributed by atoms with Crippen LogP contribution >= 0.6 is 11.6 Å². The lowest BCUT2D eigenvalue weighted by Gasteiger charge is -2.32. The van der Waals surface area contributed by atoms with E-state index in [-0.39, 0.29) is 5.97 Å². The maximum absolute atomic E-state index is 12.0. The zero-order chi connectivity index (χ0) is 17.3. The maximum Gasteiger partial charge on any atom is 0.330 e. The SMILES string of the molecule is CC(C)(C)C(=O)ON1CCC(c2ncnc3cc(Cl)ccc23)CC1. The monoisotopic (exact) mass is 347 g/mol. The summed E-state index contributed by atoms with van der Waals surface area (Å²) >= 11 is 6.05. The molecule has 5 nitrogen and oxygen atoms in total. The number of fused-ring (bicyclic) bond motifs is 1. The fourth-order valence-electron chi connectivity index (χ4n) is 2.85. The van der Waals surface area contributed by atoms with Crippen LogP contribution in [0.3, 0.4) is 0 Å². The smallest absolute Gasteiger partial charge is 0.330 e. The number of halogens is 1. The molecule has 2 heterocycles. The van der Waals surface area contributed by atoms with Crippen LogP contribution in [0.4, 0.5) is 0 Å². The highest BCUT2D eigenvalue weighted by Gasteiger charge is 2.29. The summed E-state index contributed by atoms with van der Waals surface area (Å²) in [6.45, 7) is 7.01. The second-order valence-corrected chi connectivity index (χ2v) is 7.69. The first-order valence-corrected chi connectivity index (χ1v) is 8.60. The molecule has 1 fully saturated rings. The molecule has 0 unspecified atom stereocenters. The van der Waals surface area contributed by atoms with Gasteiger partial charge in [0.2, 0.25) is 0 Å². The molecule has 0 saturated carbocycles. The molecule has 128 valence electrons. The lowest BCUT2D eigenvalue weighted by atomic mass is 9.91. The van der Waals surface area contributed by atoms with Crippen molar-refractivity contribution in [2.45, 2.75) is 39.5 Å². The number of hydrogen-bond donors (Lipinski definition) is 0. The van der Waals surface area contributed by atoms with Crippen molar-refractivity contribution < 1.29 is 9.63 Å². The van der Waals surface area contributed by atoms with E-state index in [2.05, 4.69) is 9.97 Å². The molecular formula is C18H22ClN3O2. The first kappa shape index (κ1) is 17.1. The number of carbonyl (C=O) groups is 1.